The van der Waals surface area contributed by atoms with Crippen LogP contribution in [0.3, 0.4) is 0 Å². The van der Waals surface area contributed by atoms with Crippen molar-refractivity contribution in [1.29, 1.82) is 0 Å². The topological polar surface area (TPSA) is 76.7 Å². The van der Waals surface area contributed by atoms with Crippen molar-refractivity contribution in [3.63, 3.8) is 0 Å². The van der Waals surface area contributed by atoms with E-state index in [1.807, 2.05) is 31.2 Å². The summed E-state index contributed by atoms with van der Waals surface area (Å²) in [6, 6.07) is 11.2. The Bertz CT molecular complexity index is 916. The second-order valence-electron chi connectivity index (χ2n) is 7.53. The van der Waals surface area contributed by atoms with Gasteiger partial charge in [0, 0.05) is 23.5 Å². The Morgan fingerprint density at radius 3 is 2.33 bits per heavy atom. The zero-order valence-electron chi connectivity index (χ0n) is 16.1. The number of rotatable bonds is 5. The third-order valence-electron chi connectivity index (χ3n) is 4.45. The molecule has 0 aromatic heterocycles. The van der Waals surface area contributed by atoms with E-state index in [0.29, 0.717) is 25.4 Å². The van der Waals surface area contributed by atoms with E-state index >= 15 is 0 Å². The molecule has 1 aliphatic rings. The van der Waals surface area contributed by atoms with Crippen molar-refractivity contribution in [3.8, 4) is 11.5 Å². The minimum atomic E-state index is -3.42. The van der Waals surface area contributed by atoms with E-state index in [0.717, 1.165) is 28.3 Å². The number of nitrogens with one attached hydrogen (secondary N) is 2. The fourth-order valence-corrected chi connectivity index (χ4v) is 3.40. The van der Waals surface area contributed by atoms with Gasteiger partial charge < -0.3 is 14.8 Å². The molecule has 146 valence electrons. The molecule has 2 aromatic rings. The number of benzene rings is 2. The summed E-state index contributed by atoms with van der Waals surface area (Å²) in [6.45, 7) is 8.76. The number of hydrogen-bond acceptors (Lipinski definition) is 5. The Kier molecular flexibility index (Phi) is 5.24. The molecule has 0 atom stereocenters. The molecule has 7 heteroatoms. The SMILES string of the molecule is Cc1c(NCc2ccc(NS(=O)(=O)C(C)(C)C)cc2)ccc2c1OCCO2. The van der Waals surface area contributed by atoms with Crippen LogP contribution >= 0.6 is 0 Å². The number of hydrogen-bond donors (Lipinski definition) is 2. The van der Waals surface area contributed by atoms with Crippen molar-refractivity contribution in [2.24, 2.45) is 0 Å². The van der Waals surface area contributed by atoms with Gasteiger partial charge in [0.2, 0.25) is 10.0 Å². The Balaban J connectivity index is 1.66. The first-order valence-electron chi connectivity index (χ1n) is 8.92. The Hall–Kier alpha value is -2.41. The second-order valence-corrected chi connectivity index (χ2v) is 9.97. The van der Waals surface area contributed by atoms with Crippen molar-refractivity contribution in [2.75, 3.05) is 23.3 Å². The van der Waals surface area contributed by atoms with Crippen LogP contribution in [0.25, 0.3) is 0 Å². The maximum atomic E-state index is 12.2. The second kappa shape index (κ2) is 7.31. The number of fused-ring (bicyclic) bond motifs is 1. The van der Waals surface area contributed by atoms with Gasteiger partial charge >= 0.3 is 0 Å². The van der Waals surface area contributed by atoms with E-state index in [2.05, 4.69) is 10.0 Å². The van der Waals surface area contributed by atoms with Crippen molar-refractivity contribution >= 4 is 21.4 Å². The fourth-order valence-electron chi connectivity index (χ4n) is 2.64. The molecule has 27 heavy (non-hydrogen) atoms. The molecule has 1 heterocycles. The molecule has 0 aliphatic carbocycles. The lowest BCUT2D eigenvalue weighted by Crippen LogP contribution is -2.33. The molecule has 2 N–H and O–H groups in total. The van der Waals surface area contributed by atoms with Gasteiger partial charge in [0.1, 0.15) is 13.2 Å². The summed E-state index contributed by atoms with van der Waals surface area (Å²) >= 11 is 0. The van der Waals surface area contributed by atoms with Gasteiger partial charge in [0.05, 0.1) is 4.75 Å². The van der Waals surface area contributed by atoms with E-state index in [4.69, 9.17) is 9.47 Å². The third-order valence-corrected chi connectivity index (χ3v) is 6.57. The van der Waals surface area contributed by atoms with Crippen LogP contribution in [-0.4, -0.2) is 26.4 Å². The minimum Gasteiger partial charge on any atom is -0.486 e. The highest BCUT2D eigenvalue weighted by molar-refractivity contribution is 7.94. The van der Waals surface area contributed by atoms with Crippen LogP contribution in [0.2, 0.25) is 0 Å². The first-order chi connectivity index (χ1) is 12.7. The molecular formula is C20H26N2O4S. The number of sulfonamides is 1. The summed E-state index contributed by atoms with van der Waals surface area (Å²) < 4.78 is 37.5. The molecule has 0 spiro atoms. The van der Waals surface area contributed by atoms with Crippen LogP contribution in [0.5, 0.6) is 11.5 Å². The van der Waals surface area contributed by atoms with E-state index in [-0.39, 0.29) is 0 Å². The van der Waals surface area contributed by atoms with Gasteiger partial charge in [-0.25, -0.2) is 8.42 Å². The molecular weight excluding hydrogens is 364 g/mol. The van der Waals surface area contributed by atoms with Gasteiger partial charge in [0.15, 0.2) is 11.5 Å². The molecule has 0 unspecified atom stereocenters. The average Bonchev–Trinajstić information content (AvgIpc) is 2.61. The standard InChI is InChI=1S/C20H26N2O4S/c1-14-17(9-10-18-19(14)26-12-11-25-18)21-13-15-5-7-16(8-6-15)22-27(23,24)20(2,3)4/h5-10,21-22H,11-13H2,1-4H3. The first-order valence-corrected chi connectivity index (χ1v) is 10.4. The van der Waals surface area contributed by atoms with Gasteiger partial charge in [-0.05, 0) is 57.5 Å². The predicted octanol–water partition coefficient (Wildman–Crippen LogP) is 3.92. The monoisotopic (exact) mass is 390 g/mol. The third kappa shape index (κ3) is 4.30. The highest BCUT2D eigenvalue weighted by Gasteiger charge is 2.28. The van der Waals surface area contributed by atoms with Crippen LogP contribution < -0.4 is 19.5 Å². The molecule has 0 saturated heterocycles. The van der Waals surface area contributed by atoms with Crippen molar-refractivity contribution < 1.29 is 17.9 Å². The molecule has 3 rings (SSSR count). The van der Waals surface area contributed by atoms with E-state index in [9.17, 15) is 8.42 Å². The normalized spacial score (nSPS) is 13.9. The Labute approximate surface area is 160 Å². The summed E-state index contributed by atoms with van der Waals surface area (Å²) in [5, 5.41) is 3.40. The molecule has 2 aromatic carbocycles. The average molecular weight is 391 g/mol. The lowest BCUT2D eigenvalue weighted by molar-refractivity contribution is 0.170. The first kappa shape index (κ1) is 19.4. The number of ether oxygens (including phenoxy) is 2. The van der Waals surface area contributed by atoms with Crippen molar-refractivity contribution in [1.82, 2.24) is 0 Å². The van der Waals surface area contributed by atoms with Crippen LogP contribution in [0.4, 0.5) is 11.4 Å². The summed E-state index contributed by atoms with van der Waals surface area (Å²) in [6.07, 6.45) is 0. The maximum Gasteiger partial charge on any atom is 0.237 e. The molecule has 6 nitrogen and oxygen atoms in total. The number of anilines is 2. The highest BCUT2D eigenvalue weighted by Crippen LogP contribution is 2.37. The zero-order chi connectivity index (χ0) is 19.7. The van der Waals surface area contributed by atoms with Crippen LogP contribution in [-0.2, 0) is 16.6 Å². The van der Waals surface area contributed by atoms with Gasteiger partial charge in [-0.1, -0.05) is 12.1 Å². The van der Waals surface area contributed by atoms with Crippen LogP contribution in [0.15, 0.2) is 36.4 Å². The van der Waals surface area contributed by atoms with Gasteiger partial charge in [-0.15, -0.1) is 0 Å². The van der Waals surface area contributed by atoms with Crippen LogP contribution in [0.1, 0.15) is 31.9 Å². The smallest absolute Gasteiger partial charge is 0.237 e. The Morgan fingerprint density at radius 1 is 1.00 bits per heavy atom. The summed E-state index contributed by atoms with van der Waals surface area (Å²) in [5.41, 5.74) is 3.60. The largest absolute Gasteiger partial charge is 0.486 e. The lowest BCUT2D eigenvalue weighted by Gasteiger charge is -2.22. The quantitative estimate of drug-likeness (QED) is 0.809. The molecule has 0 fully saturated rings. The van der Waals surface area contributed by atoms with Crippen molar-refractivity contribution in [2.45, 2.75) is 39.0 Å². The molecule has 0 amide bonds. The summed E-state index contributed by atoms with van der Waals surface area (Å²) in [5.74, 6) is 1.57. The lowest BCUT2D eigenvalue weighted by atomic mass is 10.1. The maximum absolute atomic E-state index is 12.2. The molecule has 0 saturated carbocycles. The molecule has 0 bridgehead atoms. The zero-order valence-corrected chi connectivity index (χ0v) is 16.9. The van der Waals surface area contributed by atoms with E-state index < -0.39 is 14.8 Å². The van der Waals surface area contributed by atoms with Crippen molar-refractivity contribution in [3.05, 3.63) is 47.5 Å². The minimum absolute atomic E-state index is 0.559. The predicted molar refractivity (Wildman–Crippen MR) is 108 cm³/mol. The Morgan fingerprint density at radius 2 is 1.67 bits per heavy atom. The molecule has 1 aliphatic heterocycles. The molecule has 0 radical (unpaired) electrons. The van der Waals surface area contributed by atoms with Gasteiger partial charge in [0.25, 0.3) is 0 Å². The summed E-state index contributed by atoms with van der Waals surface area (Å²) in [4.78, 5) is 0. The van der Waals surface area contributed by atoms with E-state index in [1.165, 1.54) is 0 Å². The van der Waals surface area contributed by atoms with Crippen LogP contribution in [0, 0.1) is 6.92 Å². The summed E-state index contributed by atoms with van der Waals surface area (Å²) in [7, 11) is -3.42. The van der Waals surface area contributed by atoms with Gasteiger partial charge in [-0.2, -0.15) is 0 Å². The van der Waals surface area contributed by atoms with Gasteiger partial charge in [-0.3, -0.25) is 4.72 Å². The highest BCUT2D eigenvalue weighted by atomic mass is 32.2. The fraction of sp³-hybridized carbons (Fsp3) is 0.400. The van der Waals surface area contributed by atoms with E-state index in [1.54, 1.807) is 32.9 Å².